The highest BCUT2D eigenvalue weighted by atomic mass is 16.6. The Labute approximate surface area is 144 Å². The van der Waals surface area contributed by atoms with Gasteiger partial charge in [0.1, 0.15) is 5.75 Å². The summed E-state index contributed by atoms with van der Waals surface area (Å²) in [6.45, 7) is 2.17. The lowest BCUT2D eigenvalue weighted by atomic mass is 10.2. The molecular weight excluding hydrogens is 324 g/mol. The van der Waals surface area contributed by atoms with Crippen molar-refractivity contribution in [2.75, 3.05) is 18.6 Å². The van der Waals surface area contributed by atoms with Crippen LogP contribution >= 0.6 is 0 Å². The normalized spacial score (nSPS) is 13.9. The van der Waals surface area contributed by atoms with Crippen molar-refractivity contribution in [3.63, 3.8) is 0 Å². The third-order valence-electron chi connectivity index (χ3n) is 4.17. The van der Waals surface area contributed by atoms with Crippen LogP contribution in [-0.2, 0) is 11.2 Å². The summed E-state index contributed by atoms with van der Waals surface area (Å²) in [5.74, 6) is 0.167. The molecule has 0 N–H and O–H groups in total. The van der Waals surface area contributed by atoms with E-state index in [2.05, 4.69) is 0 Å². The molecule has 0 saturated heterocycles. The summed E-state index contributed by atoms with van der Waals surface area (Å²) >= 11 is 0. The topological polar surface area (TPSA) is 81.9 Å². The number of hydrogen-bond acceptors (Lipinski definition) is 5. The summed E-state index contributed by atoms with van der Waals surface area (Å²) in [4.78, 5) is 25.1. The van der Waals surface area contributed by atoms with Crippen molar-refractivity contribution in [3.05, 3.63) is 58.1 Å². The molecule has 0 aliphatic carbocycles. The van der Waals surface area contributed by atoms with Gasteiger partial charge in [-0.25, -0.2) is 0 Å². The smallest absolute Gasteiger partial charge is 0.314 e. The molecule has 1 aliphatic heterocycles. The van der Waals surface area contributed by atoms with E-state index in [1.54, 1.807) is 17.9 Å². The van der Waals surface area contributed by atoms with Gasteiger partial charge in [0.2, 0.25) is 0 Å². The van der Waals surface area contributed by atoms with Gasteiger partial charge >= 0.3 is 5.69 Å². The number of anilines is 1. The third-order valence-corrected chi connectivity index (χ3v) is 4.17. The fourth-order valence-electron chi connectivity index (χ4n) is 2.89. The van der Waals surface area contributed by atoms with Crippen molar-refractivity contribution in [2.24, 2.45) is 0 Å². The van der Waals surface area contributed by atoms with Gasteiger partial charge in [0, 0.05) is 12.2 Å². The number of nitro benzene ring substituents is 1. The lowest BCUT2D eigenvalue weighted by Gasteiger charge is -2.22. The molecule has 1 amide bonds. The van der Waals surface area contributed by atoms with Gasteiger partial charge in [-0.1, -0.05) is 18.2 Å². The summed E-state index contributed by atoms with van der Waals surface area (Å²) in [6, 6.07) is 12.0. The molecule has 0 fully saturated rings. The van der Waals surface area contributed by atoms with Crippen LogP contribution in [0, 0.1) is 10.1 Å². The Kier molecular flexibility index (Phi) is 4.56. The van der Waals surface area contributed by atoms with Crippen molar-refractivity contribution < 1.29 is 19.2 Å². The number of carbonyl (C=O) groups is 1. The Balaban J connectivity index is 1.80. The number of nitrogens with zero attached hydrogens (tertiary/aromatic N) is 2. The van der Waals surface area contributed by atoms with Crippen LogP contribution in [-0.4, -0.2) is 30.6 Å². The standard InChI is InChI=1S/C18H18N2O5/c1-12(18(21)19-10-9-13-5-3-4-6-15(13)19)25-17-8-7-14(24-2)11-16(17)20(22)23/h3-8,11-12H,9-10H2,1-2H3/t12-/m0/s1. The Morgan fingerprint density at radius 3 is 2.76 bits per heavy atom. The van der Waals surface area contributed by atoms with Gasteiger partial charge in [0.05, 0.1) is 18.1 Å². The van der Waals surface area contributed by atoms with Gasteiger partial charge in [-0.2, -0.15) is 0 Å². The van der Waals surface area contributed by atoms with Gasteiger partial charge in [0.15, 0.2) is 11.9 Å². The first-order valence-corrected chi connectivity index (χ1v) is 7.89. The van der Waals surface area contributed by atoms with Crippen LogP contribution in [0.15, 0.2) is 42.5 Å². The molecule has 1 aliphatic rings. The predicted molar refractivity (Wildman–Crippen MR) is 92.2 cm³/mol. The molecule has 0 radical (unpaired) electrons. The Bertz CT molecular complexity index is 821. The first kappa shape index (κ1) is 16.8. The monoisotopic (exact) mass is 342 g/mol. The van der Waals surface area contributed by atoms with Gasteiger partial charge in [-0.05, 0) is 37.1 Å². The Morgan fingerprint density at radius 2 is 2.04 bits per heavy atom. The zero-order valence-electron chi connectivity index (χ0n) is 14.0. The molecule has 130 valence electrons. The molecule has 2 aromatic carbocycles. The SMILES string of the molecule is COc1ccc(O[C@@H](C)C(=O)N2CCc3ccccc32)c([N+](=O)[O-])c1. The van der Waals surface area contributed by atoms with E-state index in [9.17, 15) is 14.9 Å². The second kappa shape index (κ2) is 6.80. The second-order valence-electron chi connectivity index (χ2n) is 5.72. The van der Waals surface area contributed by atoms with E-state index in [4.69, 9.17) is 9.47 Å². The van der Waals surface area contributed by atoms with Crippen molar-refractivity contribution in [3.8, 4) is 11.5 Å². The average Bonchev–Trinajstić information content (AvgIpc) is 3.05. The third kappa shape index (κ3) is 3.26. The molecule has 25 heavy (non-hydrogen) atoms. The van der Waals surface area contributed by atoms with E-state index in [1.165, 1.54) is 19.2 Å². The lowest BCUT2D eigenvalue weighted by molar-refractivity contribution is -0.386. The van der Waals surface area contributed by atoms with Crippen LogP contribution in [0.2, 0.25) is 0 Å². The number of benzene rings is 2. The van der Waals surface area contributed by atoms with Crippen LogP contribution in [0.1, 0.15) is 12.5 Å². The summed E-state index contributed by atoms with van der Waals surface area (Å²) in [7, 11) is 1.43. The minimum Gasteiger partial charge on any atom is -0.496 e. The van der Waals surface area contributed by atoms with Crippen molar-refractivity contribution >= 4 is 17.3 Å². The van der Waals surface area contributed by atoms with Gasteiger partial charge in [0.25, 0.3) is 5.91 Å². The number of fused-ring (bicyclic) bond motifs is 1. The van der Waals surface area contributed by atoms with Crippen LogP contribution in [0.25, 0.3) is 0 Å². The molecule has 7 heteroatoms. The van der Waals surface area contributed by atoms with Gasteiger partial charge in [-0.15, -0.1) is 0 Å². The first-order valence-electron chi connectivity index (χ1n) is 7.89. The van der Waals surface area contributed by atoms with E-state index in [0.29, 0.717) is 12.3 Å². The fraction of sp³-hybridized carbons (Fsp3) is 0.278. The number of methoxy groups -OCH3 is 1. The quantitative estimate of drug-likeness (QED) is 0.616. The van der Waals surface area contributed by atoms with Gasteiger partial charge in [-0.3, -0.25) is 14.9 Å². The molecule has 1 atom stereocenters. The van der Waals surface area contributed by atoms with Crippen molar-refractivity contribution in [1.82, 2.24) is 0 Å². The summed E-state index contributed by atoms with van der Waals surface area (Å²) in [5, 5.41) is 11.2. The highest BCUT2D eigenvalue weighted by Crippen LogP contribution is 2.33. The van der Waals surface area contributed by atoms with Crippen molar-refractivity contribution in [2.45, 2.75) is 19.4 Å². The maximum atomic E-state index is 12.7. The summed E-state index contributed by atoms with van der Waals surface area (Å²) < 4.78 is 10.6. The summed E-state index contributed by atoms with van der Waals surface area (Å²) in [6.07, 6.45) is -0.0598. The molecule has 0 unspecified atom stereocenters. The number of rotatable bonds is 5. The lowest BCUT2D eigenvalue weighted by Crippen LogP contribution is -2.39. The largest absolute Gasteiger partial charge is 0.496 e. The van der Waals surface area contributed by atoms with E-state index >= 15 is 0 Å². The highest BCUT2D eigenvalue weighted by molar-refractivity contribution is 5.98. The molecule has 7 nitrogen and oxygen atoms in total. The van der Waals surface area contributed by atoms with E-state index < -0.39 is 11.0 Å². The van der Waals surface area contributed by atoms with Crippen molar-refractivity contribution in [1.29, 1.82) is 0 Å². The van der Waals surface area contributed by atoms with Gasteiger partial charge < -0.3 is 14.4 Å². The molecule has 3 rings (SSSR count). The zero-order chi connectivity index (χ0) is 18.0. The zero-order valence-corrected chi connectivity index (χ0v) is 14.0. The molecule has 0 spiro atoms. The van der Waals surface area contributed by atoms with E-state index in [1.807, 2.05) is 24.3 Å². The number of carbonyl (C=O) groups excluding carboxylic acids is 1. The number of nitro groups is 1. The van der Waals surface area contributed by atoms with E-state index in [0.717, 1.165) is 17.7 Å². The minimum absolute atomic E-state index is 0.0409. The number of ether oxygens (including phenoxy) is 2. The molecule has 1 heterocycles. The average molecular weight is 342 g/mol. The predicted octanol–water partition coefficient (Wildman–Crippen LogP) is 2.96. The van der Waals surface area contributed by atoms with Crippen LogP contribution in [0.3, 0.4) is 0 Å². The van der Waals surface area contributed by atoms with E-state index in [-0.39, 0.29) is 17.3 Å². The first-order chi connectivity index (χ1) is 12.0. The number of hydrogen-bond donors (Lipinski definition) is 0. The maximum Gasteiger partial charge on any atom is 0.314 e. The molecule has 0 aromatic heterocycles. The van der Waals surface area contributed by atoms with Crippen LogP contribution in [0.4, 0.5) is 11.4 Å². The molecule has 0 saturated carbocycles. The molecule has 0 bridgehead atoms. The summed E-state index contributed by atoms with van der Waals surface area (Å²) in [5.41, 5.74) is 1.74. The minimum atomic E-state index is -0.849. The molecule has 2 aromatic rings. The Morgan fingerprint density at radius 1 is 1.28 bits per heavy atom. The maximum absolute atomic E-state index is 12.7. The van der Waals surface area contributed by atoms with Crippen LogP contribution in [0.5, 0.6) is 11.5 Å². The fourth-order valence-corrected chi connectivity index (χ4v) is 2.89. The van der Waals surface area contributed by atoms with Crippen LogP contribution < -0.4 is 14.4 Å². The second-order valence-corrected chi connectivity index (χ2v) is 5.72. The Hall–Kier alpha value is -3.09. The number of para-hydroxylation sites is 1. The number of amides is 1. The molecular formula is C18H18N2O5. The highest BCUT2D eigenvalue weighted by Gasteiger charge is 2.30.